The Morgan fingerprint density at radius 2 is 1.68 bits per heavy atom. The van der Waals surface area contributed by atoms with E-state index in [0.29, 0.717) is 6.42 Å². The molecule has 0 saturated carbocycles. The van der Waals surface area contributed by atoms with Crippen LogP contribution < -0.4 is 0 Å². The fraction of sp³-hybridized carbons (Fsp3) is 0.632. The number of methoxy groups -OCH3 is 1. The molecular formula is C19H27Cl3O3. The number of rotatable bonds is 12. The highest BCUT2D eigenvalue weighted by atomic mass is 35.5. The molecule has 0 aliphatic rings. The van der Waals surface area contributed by atoms with E-state index in [9.17, 15) is 9.90 Å². The van der Waals surface area contributed by atoms with Crippen molar-refractivity contribution >= 4 is 40.8 Å². The summed E-state index contributed by atoms with van der Waals surface area (Å²) in [6.07, 6.45) is 7.38. The number of carbonyl (C=O) groups excluding carboxylic acids is 1. The Morgan fingerprint density at radius 3 is 2.32 bits per heavy atom. The molecule has 1 aromatic carbocycles. The van der Waals surface area contributed by atoms with Crippen molar-refractivity contribution in [1.82, 2.24) is 0 Å². The van der Waals surface area contributed by atoms with Gasteiger partial charge >= 0.3 is 5.97 Å². The lowest BCUT2D eigenvalue weighted by Crippen LogP contribution is -2.27. The molecule has 3 nitrogen and oxygen atoms in total. The van der Waals surface area contributed by atoms with E-state index >= 15 is 0 Å². The van der Waals surface area contributed by atoms with Crippen LogP contribution in [0.3, 0.4) is 0 Å². The van der Waals surface area contributed by atoms with E-state index in [4.69, 9.17) is 34.8 Å². The van der Waals surface area contributed by atoms with Crippen molar-refractivity contribution in [2.75, 3.05) is 7.11 Å². The maximum atomic E-state index is 11.3. The van der Waals surface area contributed by atoms with Crippen molar-refractivity contribution in [1.29, 1.82) is 0 Å². The van der Waals surface area contributed by atoms with Crippen molar-refractivity contribution in [3.63, 3.8) is 0 Å². The van der Waals surface area contributed by atoms with Gasteiger partial charge in [-0.2, -0.15) is 0 Å². The standard InChI is InChI=1S/C19H27Cl3O3/c1-25-18(24)19(21,22)14-6-4-2-3-5-7-17(23)13-10-15-8-11-16(20)12-9-15/h8-9,11-12,17,23H,2-7,10,13-14H2,1H3. The summed E-state index contributed by atoms with van der Waals surface area (Å²) < 4.78 is 3.12. The van der Waals surface area contributed by atoms with Crippen LogP contribution in [0, 0.1) is 0 Å². The predicted molar refractivity (Wildman–Crippen MR) is 105 cm³/mol. The second kappa shape index (κ2) is 12.0. The van der Waals surface area contributed by atoms with E-state index in [0.717, 1.165) is 56.4 Å². The lowest BCUT2D eigenvalue weighted by molar-refractivity contribution is -0.141. The summed E-state index contributed by atoms with van der Waals surface area (Å²) in [4.78, 5) is 11.3. The van der Waals surface area contributed by atoms with Gasteiger partial charge < -0.3 is 9.84 Å². The van der Waals surface area contributed by atoms with Gasteiger partial charge in [0.25, 0.3) is 0 Å². The fourth-order valence-corrected chi connectivity index (χ4v) is 3.18. The number of ether oxygens (including phenoxy) is 1. The first-order valence-electron chi connectivity index (χ1n) is 8.74. The number of aliphatic hydroxyl groups excluding tert-OH is 1. The van der Waals surface area contributed by atoms with Gasteiger partial charge in [0.1, 0.15) is 0 Å². The lowest BCUT2D eigenvalue weighted by Gasteiger charge is -2.16. The first-order valence-corrected chi connectivity index (χ1v) is 9.87. The summed E-state index contributed by atoms with van der Waals surface area (Å²) in [6, 6.07) is 7.74. The molecule has 0 amide bonds. The third-order valence-corrected chi connectivity index (χ3v) is 5.13. The molecule has 0 aromatic heterocycles. The average Bonchev–Trinajstić information content (AvgIpc) is 2.59. The normalized spacial score (nSPS) is 12.8. The van der Waals surface area contributed by atoms with Crippen LogP contribution in [-0.2, 0) is 16.0 Å². The molecule has 6 heteroatoms. The number of hydrogen-bond donors (Lipinski definition) is 1. The van der Waals surface area contributed by atoms with Gasteiger partial charge in [0, 0.05) is 5.02 Å². The Hall–Kier alpha value is -0.480. The Kier molecular flexibility index (Phi) is 10.8. The van der Waals surface area contributed by atoms with Crippen LogP contribution in [-0.4, -0.2) is 28.6 Å². The van der Waals surface area contributed by atoms with Crippen molar-refractivity contribution in [2.45, 2.75) is 68.2 Å². The number of carbonyl (C=O) groups is 1. The monoisotopic (exact) mass is 408 g/mol. The van der Waals surface area contributed by atoms with Crippen LogP contribution in [0.5, 0.6) is 0 Å². The minimum Gasteiger partial charge on any atom is -0.467 e. The van der Waals surface area contributed by atoms with Gasteiger partial charge in [-0.15, -0.1) is 0 Å². The molecular weight excluding hydrogens is 383 g/mol. The minimum atomic E-state index is -1.44. The van der Waals surface area contributed by atoms with Crippen LogP contribution in [0.25, 0.3) is 0 Å². The molecule has 25 heavy (non-hydrogen) atoms. The largest absolute Gasteiger partial charge is 0.467 e. The molecule has 0 aliphatic heterocycles. The van der Waals surface area contributed by atoms with Crippen LogP contribution in [0.1, 0.15) is 56.9 Å². The number of aliphatic hydroxyl groups is 1. The molecule has 0 saturated heterocycles. The Bertz CT molecular complexity index is 503. The highest BCUT2D eigenvalue weighted by Crippen LogP contribution is 2.29. The molecule has 1 unspecified atom stereocenters. The van der Waals surface area contributed by atoms with Crippen molar-refractivity contribution in [2.24, 2.45) is 0 Å². The zero-order chi connectivity index (χ0) is 18.7. The topological polar surface area (TPSA) is 46.5 Å². The second-order valence-electron chi connectivity index (χ2n) is 6.32. The number of unbranched alkanes of at least 4 members (excludes halogenated alkanes) is 4. The summed E-state index contributed by atoms with van der Waals surface area (Å²) in [7, 11) is 1.28. The van der Waals surface area contributed by atoms with E-state index in [1.807, 2.05) is 24.3 Å². The third-order valence-electron chi connectivity index (χ3n) is 4.19. The van der Waals surface area contributed by atoms with E-state index in [-0.39, 0.29) is 6.10 Å². The van der Waals surface area contributed by atoms with Gasteiger partial charge in [-0.05, 0) is 49.8 Å². The maximum Gasteiger partial charge on any atom is 0.342 e. The smallest absolute Gasteiger partial charge is 0.342 e. The quantitative estimate of drug-likeness (QED) is 0.273. The number of esters is 1. The van der Waals surface area contributed by atoms with Crippen molar-refractivity contribution in [3.05, 3.63) is 34.9 Å². The van der Waals surface area contributed by atoms with Crippen LogP contribution in [0.15, 0.2) is 24.3 Å². The zero-order valence-electron chi connectivity index (χ0n) is 14.6. The van der Waals surface area contributed by atoms with E-state index in [2.05, 4.69) is 4.74 Å². The highest BCUT2D eigenvalue weighted by Gasteiger charge is 2.33. The summed E-state index contributed by atoms with van der Waals surface area (Å²) in [6.45, 7) is 0. The average molecular weight is 410 g/mol. The second-order valence-corrected chi connectivity index (χ2v) is 8.24. The SMILES string of the molecule is COC(=O)C(Cl)(Cl)CCCCCCCC(O)CCc1ccc(Cl)cc1. The van der Waals surface area contributed by atoms with Gasteiger partial charge in [-0.25, -0.2) is 4.79 Å². The Morgan fingerprint density at radius 1 is 1.08 bits per heavy atom. The summed E-state index contributed by atoms with van der Waals surface area (Å²) in [5, 5.41) is 10.8. The Labute approximate surface area is 165 Å². The van der Waals surface area contributed by atoms with E-state index < -0.39 is 10.3 Å². The summed E-state index contributed by atoms with van der Waals surface area (Å²) >= 11 is 17.7. The Balaban J connectivity index is 2.03. The zero-order valence-corrected chi connectivity index (χ0v) is 16.9. The first kappa shape index (κ1) is 22.6. The summed E-state index contributed by atoms with van der Waals surface area (Å²) in [5.74, 6) is -0.598. The predicted octanol–water partition coefficient (Wildman–Crippen LogP) is 5.71. The van der Waals surface area contributed by atoms with Gasteiger partial charge in [-0.3, -0.25) is 0 Å². The molecule has 0 spiro atoms. The van der Waals surface area contributed by atoms with Crippen LogP contribution in [0.4, 0.5) is 0 Å². The molecule has 1 aromatic rings. The molecule has 1 N–H and O–H groups in total. The number of halogens is 3. The van der Waals surface area contributed by atoms with Crippen LogP contribution in [0.2, 0.25) is 5.02 Å². The number of aryl methyl sites for hydroxylation is 1. The highest BCUT2D eigenvalue weighted by molar-refractivity contribution is 6.57. The molecule has 0 radical (unpaired) electrons. The third kappa shape index (κ3) is 9.69. The molecule has 1 rings (SSSR count). The van der Waals surface area contributed by atoms with Gasteiger partial charge in [-0.1, -0.05) is 72.6 Å². The van der Waals surface area contributed by atoms with E-state index in [1.54, 1.807) is 0 Å². The number of alkyl halides is 2. The lowest BCUT2D eigenvalue weighted by atomic mass is 10.0. The molecule has 0 heterocycles. The maximum absolute atomic E-state index is 11.3. The molecule has 1 atom stereocenters. The number of benzene rings is 1. The molecule has 142 valence electrons. The van der Waals surface area contributed by atoms with Gasteiger partial charge in [0.05, 0.1) is 13.2 Å². The fourth-order valence-electron chi connectivity index (χ4n) is 2.64. The van der Waals surface area contributed by atoms with E-state index in [1.165, 1.54) is 12.7 Å². The molecule has 0 bridgehead atoms. The summed E-state index contributed by atoms with van der Waals surface area (Å²) in [5.41, 5.74) is 1.19. The van der Waals surface area contributed by atoms with Gasteiger partial charge in [0.2, 0.25) is 4.33 Å². The number of hydrogen-bond acceptors (Lipinski definition) is 3. The van der Waals surface area contributed by atoms with Crippen molar-refractivity contribution in [3.8, 4) is 0 Å². The van der Waals surface area contributed by atoms with Crippen molar-refractivity contribution < 1.29 is 14.6 Å². The minimum absolute atomic E-state index is 0.270. The molecule has 0 fully saturated rings. The van der Waals surface area contributed by atoms with Crippen LogP contribution >= 0.6 is 34.8 Å². The first-order chi connectivity index (χ1) is 11.8. The molecule has 0 aliphatic carbocycles. The van der Waals surface area contributed by atoms with Gasteiger partial charge in [0.15, 0.2) is 0 Å².